The molecule has 2 heterocycles. The maximum Gasteiger partial charge on any atom is 0.123 e. The summed E-state index contributed by atoms with van der Waals surface area (Å²) < 4.78 is 5.72. The van der Waals surface area contributed by atoms with E-state index >= 15 is 0 Å². The summed E-state index contributed by atoms with van der Waals surface area (Å²) in [5, 5.41) is 2.10. The molecular formula is C15H17NOS. The fourth-order valence-corrected chi connectivity index (χ4v) is 3.45. The standard InChI is InChI=1S/C15H17NOS/c1-9-5-6-18-15(9)14(16)11-3-4-13-12(8-11)7-10(2)17-13/h3-6,8,10,14H,7,16H2,1-2H3. The Morgan fingerprint density at radius 1 is 1.39 bits per heavy atom. The van der Waals surface area contributed by atoms with Gasteiger partial charge in [0, 0.05) is 11.3 Å². The van der Waals surface area contributed by atoms with Crippen LogP contribution in [0.3, 0.4) is 0 Å². The first-order chi connectivity index (χ1) is 8.65. The van der Waals surface area contributed by atoms with Crippen molar-refractivity contribution in [1.82, 2.24) is 0 Å². The maximum absolute atomic E-state index is 6.36. The Balaban J connectivity index is 1.94. The zero-order valence-corrected chi connectivity index (χ0v) is 11.5. The third-order valence-corrected chi connectivity index (χ3v) is 4.57. The normalized spacial score (nSPS) is 19.4. The average Bonchev–Trinajstić information content (AvgIpc) is 2.91. The van der Waals surface area contributed by atoms with Crippen molar-refractivity contribution in [3.63, 3.8) is 0 Å². The second-order valence-electron chi connectivity index (χ2n) is 4.95. The summed E-state index contributed by atoms with van der Waals surface area (Å²) in [6.07, 6.45) is 1.27. The molecule has 2 N–H and O–H groups in total. The SMILES string of the molecule is Cc1ccsc1C(N)c1ccc2c(c1)CC(C)O2. The van der Waals surface area contributed by atoms with E-state index in [1.165, 1.54) is 21.6 Å². The molecule has 0 radical (unpaired) electrons. The highest BCUT2D eigenvalue weighted by Gasteiger charge is 2.21. The van der Waals surface area contributed by atoms with E-state index in [4.69, 9.17) is 10.5 Å². The number of rotatable bonds is 2. The van der Waals surface area contributed by atoms with Crippen molar-refractivity contribution in [2.24, 2.45) is 5.73 Å². The van der Waals surface area contributed by atoms with Crippen LogP contribution in [0.15, 0.2) is 29.6 Å². The van der Waals surface area contributed by atoms with Crippen LogP contribution in [0.25, 0.3) is 0 Å². The quantitative estimate of drug-likeness (QED) is 0.896. The molecule has 0 saturated carbocycles. The number of ether oxygens (including phenoxy) is 1. The van der Waals surface area contributed by atoms with Crippen molar-refractivity contribution >= 4 is 11.3 Å². The van der Waals surface area contributed by atoms with Gasteiger partial charge in [-0.25, -0.2) is 0 Å². The van der Waals surface area contributed by atoms with Crippen molar-refractivity contribution in [2.45, 2.75) is 32.4 Å². The molecule has 0 bridgehead atoms. The highest BCUT2D eigenvalue weighted by molar-refractivity contribution is 7.10. The molecule has 1 aliphatic heterocycles. The first kappa shape index (κ1) is 11.8. The van der Waals surface area contributed by atoms with Gasteiger partial charge in [-0.15, -0.1) is 11.3 Å². The molecule has 0 amide bonds. The summed E-state index contributed by atoms with van der Waals surface area (Å²) in [5.74, 6) is 1.02. The zero-order chi connectivity index (χ0) is 12.7. The third kappa shape index (κ3) is 1.93. The molecule has 0 saturated heterocycles. The van der Waals surface area contributed by atoms with Crippen molar-refractivity contribution < 1.29 is 4.74 Å². The Kier molecular flexibility index (Phi) is 2.88. The lowest BCUT2D eigenvalue weighted by Crippen LogP contribution is -2.11. The number of fused-ring (bicyclic) bond motifs is 1. The molecule has 2 aromatic rings. The molecule has 1 aromatic carbocycles. The van der Waals surface area contributed by atoms with Gasteiger partial charge in [0.15, 0.2) is 0 Å². The number of aryl methyl sites for hydroxylation is 1. The number of thiophene rings is 1. The fraction of sp³-hybridized carbons (Fsp3) is 0.333. The largest absolute Gasteiger partial charge is 0.490 e. The van der Waals surface area contributed by atoms with Gasteiger partial charge in [0.2, 0.25) is 0 Å². The molecule has 2 unspecified atom stereocenters. The van der Waals surface area contributed by atoms with Crippen molar-refractivity contribution in [3.05, 3.63) is 51.2 Å². The summed E-state index contributed by atoms with van der Waals surface area (Å²) in [4.78, 5) is 1.25. The van der Waals surface area contributed by atoms with E-state index in [0.29, 0.717) is 0 Å². The molecule has 2 nitrogen and oxygen atoms in total. The van der Waals surface area contributed by atoms with Gasteiger partial charge in [0.1, 0.15) is 11.9 Å². The van der Waals surface area contributed by atoms with Crippen molar-refractivity contribution in [3.8, 4) is 5.75 Å². The summed E-state index contributed by atoms with van der Waals surface area (Å²) in [7, 11) is 0. The van der Waals surface area contributed by atoms with Crippen LogP contribution in [0.1, 0.15) is 34.5 Å². The van der Waals surface area contributed by atoms with Gasteiger partial charge in [0.05, 0.1) is 6.04 Å². The number of hydrogen-bond acceptors (Lipinski definition) is 3. The van der Waals surface area contributed by atoms with Gasteiger partial charge in [-0.2, -0.15) is 0 Å². The molecule has 94 valence electrons. The number of nitrogens with two attached hydrogens (primary N) is 1. The molecule has 0 spiro atoms. The highest BCUT2D eigenvalue weighted by Crippen LogP contribution is 2.33. The predicted octanol–water partition coefficient (Wildman–Crippen LogP) is 3.43. The first-order valence-electron chi connectivity index (χ1n) is 6.24. The van der Waals surface area contributed by atoms with E-state index < -0.39 is 0 Å². The minimum absolute atomic E-state index is 0.0220. The van der Waals surface area contributed by atoms with Crippen LogP contribution in [0.5, 0.6) is 5.75 Å². The predicted molar refractivity (Wildman–Crippen MR) is 75.3 cm³/mol. The maximum atomic E-state index is 6.36. The molecule has 3 heteroatoms. The minimum atomic E-state index is -0.0220. The van der Waals surface area contributed by atoms with Crippen LogP contribution in [0.4, 0.5) is 0 Å². The monoisotopic (exact) mass is 259 g/mol. The van der Waals surface area contributed by atoms with Gasteiger partial charge in [-0.3, -0.25) is 0 Å². The molecule has 18 heavy (non-hydrogen) atoms. The van der Waals surface area contributed by atoms with E-state index in [0.717, 1.165) is 12.2 Å². The minimum Gasteiger partial charge on any atom is -0.490 e. The fourth-order valence-electron chi connectivity index (χ4n) is 2.49. The van der Waals surface area contributed by atoms with Crippen LogP contribution in [-0.4, -0.2) is 6.10 Å². The molecule has 1 aromatic heterocycles. The van der Waals surface area contributed by atoms with Gasteiger partial charge in [-0.05, 0) is 48.1 Å². The summed E-state index contributed by atoms with van der Waals surface area (Å²) in [6, 6.07) is 8.44. The first-order valence-corrected chi connectivity index (χ1v) is 7.12. The average molecular weight is 259 g/mol. The topological polar surface area (TPSA) is 35.2 Å². The second kappa shape index (κ2) is 4.41. The lowest BCUT2D eigenvalue weighted by molar-refractivity contribution is 0.254. The third-order valence-electron chi connectivity index (χ3n) is 3.46. The molecule has 1 aliphatic rings. The molecule has 3 rings (SSSR count). The van der Waals surface area contributed by atoms with E-state index in [-0.39, 0.29) is 12.1 Å². The van der Waals surface area contributed by atoms with Gasteiger partial charge in [-0.1, -0.05) is 12.1 Å². The zero-order valence-electron chi connectivity index (χ0n) is 10.6. The number of benzene rings is 1. The van der Waals surface area contributed by atoms with Gasteiger partial charge >= 0.3 is 0 Å². The van der Waals surface area contributed by atoms with Crippen LogP contribution >= 0.6 is 11.3 Å². The molecule has 0 aliphatic carbocycles. The summed E-state index contributed by atoms with van der Waals surface area (Å²) in [5.41, 5.74) is 10.1. The van der Waals surface area contributed by atoms with Crippen molar-refractivity contribution in [2.75, 3.05) is 0 Å². The van der Waals surface area contributed by atoms with E-state index in [9.17, 15) is 0 Å². The van der Waals surface area contributed by atoms with Crippen LogP contribution < -0.4 is 10.5 Å². The Labute approximate surface area is 111 Å². The highest BCUT2D eigenvalue weighted by atomic mass is 32.1. The van der Waals surface area contributed by atoms with E-state index in [2.05, 4.69) is 43.5 Å². The van der Waals surface area contributed by atoms with Crippen LogP contribution in [-0.2, 0) is 6.42 Å². The smallest absolute Gasteiger partial charge is 0.123 e. The Morgan fingerprint density at radius 2 is 2.22 bits per heavy atom. The van der Waals surface area contributed by atoms with Gasteiger partial charge in [0.25, 0.3) is 0 Å². The second-order valence-corrected chi connectivity index (χ2v) is 5.89. The summed E-state index contributed by atoms with van der Waals surface area (Å²) >= 11 is 1.73. The molecule has 2 atom stereocenters. The van der Waals surface area contributed by atoms with E-state index in [1.807, 2.05) is 0 Å². The molecular weight excluding hydrogens is 242 g/mol. The Morgan fingerprint density at radius 3 is 2.94 bits per heavy atom. The van der Waals surface area contributed by atoms with Gasteiger partial charge < -0.3 is 10.5 Å². The number of hydrogen-bond donors (Lipinski definition) is 1. The summed E-state index contributed by atoms with van der Waals surface area (Å²) in [6.45, 7) is 4.22. The Hall–Kier alpha value is -1.32. The molecule has 0 fully saturated rings. The Bertz CT molecular complexity index is 576. The lowest BCUT2D eigenvalue weighted by atomic mass is 10.00. The van der Waals surface area contributed by atoms with Crippen molar-refractivity contribution in [1.29, 1.82) is 0 Å². The van der Waals surface area contributed by atoms with Crippen LogP contribution in [0, 0.1) is 6.92 Å². The lowest BCUT2D eigenvalue weighted by Gasteiger charge is -2.12. The van der Waals surface area contributed by atoms with Crippen LogP contribution in [0.2, 0.25) is 0 Å². The van der Waals surface area contributed by atoms with E-state index in [1.54, 1.807) is 11.3 Å².